The zero-order valence-electron chi connectivity index (χ0n) is 22.0. The predicted molar refractivity (Wildman–Crippen MR) is 137 cm³/mol. The van der Waals surface area contributed by atoms with Crippen LogP contribution in [-0.4, -0.2) is 32.9 Å². The van der Waals surface area contributed by atoms with Gasteiger partial charge in [0.25, 0.3) is 0 Å². The maximum atomic E-state index is 9.75. The number of nitrogens with zero attached hydrogens (tertiary/aromatic N) is 1. The average Bonchev–Trinajstić information content (AvgIpc) is 2.44. The first-order chi connectivity index (χ1) is 13.4. The molecule has 0 N–H and O–H groups in total. The Kier molecular flexibility index (Phi) is 13.5. The molecule has 0 aromatic carbocycles. The molecule has 1 heterocycles. The average molecular weight is 592 g/mol. The van der Waals surface area contributed by atoms with E-state index in [2.05, 4.69) is 101 Å². The molecule has 1 nitrogen and oxygen atoms in total. The summed E-state index contributed by atoms with van der Waals surface area (Å²) in [5.41, 5.74) is 2.62. The van der Waals surface area contributed by atoms with Crippen LogP contribution in [0.3, 0.4) is 0 Å². The van der Waals surface area contributed by atoms with E-state index in [1.165, 1.54) is 23.7 Å². The number of rotatable bonds is 4. The molecule has 192 valence electrons. The Balaban J connectivity index is 0. The molecular formula is C23H45AgBF4NP2+2. The van der Waals surface area contributed by atoms with Crippen LogP contribution in [0.15, 0.2) is 18.2 Å². The Morgan fingerprint density at radius 2 is 0.844 bits per heavy atom. The maximum Gasteiger partial charge on any atom is 1.00 e. The number of halogens is 4. The SMILES string of the molecule is CC(C)(C)[PH+](Cc1cccc(C[PH+](C(C)(C)C)C(C)(C)C)n1)C(C)(C)C.F[B-](F)(F)F.[Ag+]. The molecule has 0 saturated heterocycles. The quantitative estimate of drug-likeness (QED) is 0.193. The van der Waals surface area contributed by atoms with Crippen LogP contribution in [0.25, 0.3) is 0 Å². The molecule has 0 saturated carbocycles. The van der Waals surface area contributed by atoms with Crippen molar-refractivity contribution in [3.8, 4) is 0 Å². The summed E-state index contributed by atoms with van der Waals surface area (Å²) < 4.78 is 39.0. The van der Waals surface area contributed by atoms with Gasteiger partial charge in [0.15, 0.2) is 0 Å². The third-order valence-corrected chi connectivity index (χ3v) is 13.9. The molecule has 0 aliphatic heterocycles. The van der Waals surface area contributed by atoms with Crippen LogP contribution >= 0.6 is 15.8 Å². The van der Waals surface area contributed by atoms with Crippen molar-refractivity contribution in [2.75, 3.05) is 0 Å². The van der Waals surface area contributed by atoms with Crippen LogP contribution < -0.4 is 0 Å². The van der Waals surface area contributed by atoms with Gasteiger partial charge in [-0.25, -0.2) is 0 Å². The molecule has 0 unspecified atom stereocenters. The van der Waals surface area contributed by atoms with E-state index in [-0.39, 0.29) is 22.4 Å². The van der Waals surface area contributed by atoms with Crippen molar-refractivity contribution in [3.63, 3.8) is 0 Å². The van der Waals surface area contributed by atoms with Gasteiger partial charge in [-0.3, -0.25) is 4.98 Å². The second-order valence-electron chi connectivity index (χ2n) is 12.4. The summed E-state index contributed by atoms with van der Waals surface area (Å²) in [7, 11) is -7.17. The van der Waals surface area contributed by atoms with Gasteiger partial charge in [-0.15, -0.1) is 0 Å². The molecule has 0 aliphatic carbocycles. The molecule has 0 bridgehead atoms. The van der Waals surface area contributed by atoms with Gasteiger partial charge in [0.1, 0.15) is 0 Å². The van der Waals surface area contributed by atoms with Gasteiger partial charge in [0.05, 0.1) is 44.3 Å². The van der Waals surface area contributed by atoms with E-state index in [4.69, 9.17) is 4.98 Å². The van der Waals surface area contributed by atoms with Gasteiger partial charge in [-0.1, -0.05) is 6.07 Å². The molecule has 0 radical (unpaired) electrons. The van der Waals surface area contributed by atoms with Crippen molar-refractivity contribution >= 4 is 23.1 Å². The zero-order chi connectivity index (χ0) is 25.1. The van der Waals surface area contributed by atoms with Gasteiger partial charge in [0, 0.05) is 15.8 Å². The number of hydrogen-bond acceptors (Lipinski definition) is 1. The van der Waals surface area contributed by atoms with Crippen LogP contribution in [0.5, 0.6) is 0 Å². The Bertz CT molecular complexity index is 604. The topological polar surface area (TPSA) is 12.9 Å². The van der Waals surface area contributed by atoms with Crippen molar-refractivity contribution in [2.45, 2.75) is 116 Å². The number of pyridine rings is 1. The van der Waals surface area contributed by atoms with Crippen LogP contribution in [0.2, 0.25) is 0 Å². The van der Waals surface area contributed by atoms with Crippen molar-refractivity contribution in [3.05, 3.63) is 29.6 Å². The van der Waals surface area contributed by atoms with E-state index in [0.29, 0.717) is 20.6 Å². The summed E-state index contributed by atoms with van der Waals surface area (Å²) in [5.74, 6) is 0. The van der Waals surface area contributed by atoms with Gasteiger partial charge in [0.2, 0.25) is 0 Å². The summed E-state index contributed by atoms with van der Waals surface area (Å²) in [4.78, 5) is 5.16. The van der Waals surface area contributed by atoms with Crippen LogP contribution in [0.4, 0.5) is 17.3 Å². The van der Waals surface area contributed by atoms with Crippen molar-refractivity contribution in [1.29, 1.82) is 0 Å². The minimum Gasteiger partial charge on any atom is -0.418 e. The minimum absolute atomic E-state index is 0. The fourth-order valence-corrected chi connectivity index (χ4v) is 12.1. The van der Waals surface area contributed by atoms with E-state index in [1.54, 1.807) is 0 Å². The van der Waals surface area contributed by atoms with E-state index >= 15 is 0 Å². The Hall–Kier alpha value is 0.535. The first kappa shape index (κ1) is 34.7. The molecule has 32 heavy (non-hydrogen) atoms. The normalized spacial score (nSPS) is 13.6. The van der Waals surface area contributed by atoms with Crippen LogP contribution in [0.1, 0.15) is 94.5 Å². The third kappa shape index (κ3) is 14.7. The fraction of sp³-hybridized carbons (Fsp3) is 0.783. The molecule has 1 rings (SSSR count). The van der Waals surface area contributed by atoms with E-state index in [9.17, 15) is 17.3 Å². The smallest absolute Gasteiger partial charge is 0.418 e. The second kappa shape index (κ2) is 12.5. The largest absolute Gasteiger partial charge is 1.00 e. The van der Waals surface area contributed by atoms with Gasteiger partial charge in [-0.2, -0.15) is 0 Å². The molecule has 0 spiro atoms. The molecular weight excluding hydrogens is 547 g/mol. The van der Waals surface area contributed by atoms with Crippen LogP contribution in [0, 0.1) is 0 Å². The summed E-state index contributed by atoms with van der Waals surface area (Å²) in [6.07, 6.45) is 2.33. The number of hydrogen-bond donors (Lipinski definition) is 0. The first-order valence-corrected chi connectivity index (χ1v) is 14.4. The summed E-state index contributed by atoms with van der Waals surface area (Å²) >= 11 is 0. The summed E-state index contributed by atoms with van der Waals surface area (Å²) in [6, 6.07) is 6.76. The zero-order valence-corrected chi connectivity index (χ0v) is 25.5. The third-order valence-electron chi connectivity index (χ3n) is 5.20. The Morgan fingerprint density at radius 1 is 0.625 bits per heavy atom. The van der Waals surface area contributed by atoms with E-state index in [1.807, 2.05) is 0 Å². The second-order valence-corrected chi connectivity index (χ2v) is 21.0. The summed E-state index contributed by atoms with van der Waals surface area (Å²) in [6.45, 7) is 29.0. The minimum atomic E-state index is -6.00. The van der Waals surface area contributed by atoms with Crippen molar-refractivity contribution in [2.24, 2.45) is 0 Å². The molecule has 1 aromatic heterocycles. The fourth-order valence-electron chi connectivity index (χ4n) is 4.40. The maximum absolute atomic E-state index is 9.75. The summed E-state index contributed by atoms with van der Waals surface area (Å²) in [5, 5.41) is 1.53. The van der Waals surface area contributed by atoms with E-state index < -0.39 is 23.1 Å². The number of aromatic nitrogens is 1. The Labute approximate surface area is 212 Å². The molecule has 1 aromatic rings. The van der Waals surface area contributed by atoms with Gasteiger partial charge < -0.3 is 17.3 Å². The van der Waals surface area contributed by atoms with Gasteiger partial charge in [-0.05, 0) is 95.2 Å². The van der Waals surface area contributed by atoms with E-state index in [0.717, 1.165) is 0 Å². The molecule has 9 heteroatoms. The molecule has 0 amide bonds. The van der Waals surface area contributed by atoms with Gasteiger partial charge >= 0.3 is 29.6 Å². The molecule has 0 aliphatic rings. The molecule has 0 atom stereocenters. The predicted octanol–water partition coefficient (Wildman–Crippen LogP) is 9.00. The standard InChI is InChI=1S/C23H43NP2.Ag.BF4/c1-20(2,3)25(21(4,5)6)16-18-14-13-15-19(24-18)17-26(22(7,8)9)23(10,11)12;;2-1(3,4)5/h13-15H,16-17H2,1-12H3;;/q;+1;-1/p+2. The molecule has 0 fully saturated rings. The van der Waals surface area contributed by atoms with Crippen molar-refractivity contribution in [1.82, 2.24) is 4.98 Å². The van der Waals surface area contributed by atoms with Crippen LogP contribution in [-0.2, 0) is 34.7 Å². The van der Waals surface area contributed by atoms with Crippen molar-refractivity contribution < 1.29 is 39.6 Å². The monoisotopic (exact) mass is 591 g/mol. The first-order valence-electron chi connectivity index (χ1n) is 11.0. The Morgan fingerprint density at radius 3 is 1.03 bits per heavy atom.